The van der Waals surface area contributed by atoms with Crippen molar-refractivity contribution in [2.45, 2.75) is 32.4 Å². The molecule has 0 radical (unpaired) electrons. The molecule has 4 heteroatoms. The van der Waals surface area contributed by atoms with Gasteiger partial charge in [0.15, 0.2) is 0 Å². The molecule has 1 aromatic rings. The summed E-state index contributed by atoms with van der Waals surface area (Å²) in [5.41, 5.74) is 1.25. The van der Waals surface area contributed by atoms with Crippen LogP contribution in [0.5, 0.6) is 0 Å². The second kappa shape index (κ2) is 5.88. The first-order chi connectivity index (χ1) is 9.00. The zero-order valence-corrected chi connectivity index (χ0v) is 11.9. The van der Waals surface area contributed by atoms with E-state index in [1.807, 2.05) is 6.07 Å². The van der Waals surface area contributed by atoms with Gasteiger partial charge in [-0.2, -0.15) is 0 Å². The zero-order valence-electron chi connectivity index (χ0n) is 11.9. The maximum Gasteiger partial charge on any atom is 0.131 e. The molecule has 0 saturated carbocycles. The van der Waals surface area contributed by atoms with Gasteiger partial charge in [-0.3, -0.25) is 0 Å². The number of aliphatic hydroxyl groups is 1. The first-order valence-corrected chi connectivity index (χ1v) is 6.92. The Balaban J connectivity index is 2.37. The maximum atomic E-state index is 14.0. The highest BCUT2D eigenvalue weighted by molar-refractivity contribution is 5.56. The zero-order chi connectivity index (χ0) is 14.0. The highest BCUT2D eigenvalue weighted by Gasteiger charge is 2.24. The summed E-state index contributed by atoms with van der Waals surface area (Å²) in [4.78, 5) is 4.51. The van der Waals surface area contributed by atoms with Crippen LogP contribution in [0, 0.1) is 5.82 Å². The van der Waals surface area contributed by atoms with Gasteiger partial charge in [0.1, 0.15) is 5.82 Å². The van der Waals surface area contributed by atoms with Crippen LogP contribution in [0.4, 0.5) is 10.1 Å². The van der Waals surface area contributed by atoms with E-state index in [1.165, 1.54) is 6.07 Å². The Labute approximate surface area is 114 Å². The summed E-state index contributed by atoms with van der Waals surface area (Å²) in [5.74, 6) is -0.322. The standard InChI is InChI=1S/C15H23FN2O/c1-11-10-17(3)8-5-9-18(11)14-7-4-6-13(16)15(14)12(2)19/h4,6-7,11-12,19H,5,8-10H2,1-3H3. The molecule has 2 unspecified atom stereocenters. The second-order valence-electron chi connectivity index (χ2n) is 5.51. The molecule has 2 atom stereocenters. The van der Waals surface area contributed by atoms with Crippen molar-refractivity contribution in [2.24, 2.45) is 0 Å². The van der Waals surface area contributed by atoms with Crippen molar-refractivity contribution in [1.29, 1.82) is 0 Å². The van der Waals surface area contributed by atoms with Crippen LogP contribution >= 0.6 is 0 Å². The molecule has 1 aliphatic heterocycles. The highest BCUT2D eigenvalue weighted by Crippen LogP contribution is 2.31. The lowest BCUT2D eigenvalue weighted by Gasteiger charge is -2.32. The predicted octanol–water partition coefficient (Wildman–Crippen LogP) is 2.41. The van der Waals surface area contributed by atoms with Crippen molar-refractivity contribution in [3.05, 3.63) is 29.6 Å². The summed E-state index contributed by atoms with van der Waals surface area (Å²) in [6.07, 6.45) is 0.265. The number of nitrogens with zero attached hydrogens (tertiary/aromatic N) is 2. The van der Waals surface area contributed by atoms with Gasteiger partial charge in [0.25, 0.3) is 0 Å². The summed E-state index contributed by atoms with van der Waals surface area (Å²) in [6.45, 7) is 6.68. The summed E-state index contributed by atoms with van der Waals surface area (Å²) in [7, 11) is 2.11. The molecule has 2 rings (SSSR count). The van der Waals surface area contributed by atoms with E-state index >= 15 is 0 Å². The Morgan fingerprint density at radius 3 is 2.79 bits per heavy atom. The van der Waals surface area contributed by atoms with Crippen LogP contribution in [0.2, 0.25) is 0 Å². The van der Waals surface area contributed by atoms with Crippen molar-refractivity contribution in [2.75, 3.05) is 31.6 Å². The van der Waals surface area contributed by atoms with Crippen molar-refractivity contribution in [3.63, 3.8) is 0 Å². The Bertz CT molecular complexity index is 436. The van der Waals surface area contributed by atoms with Gasteiger partial charge in [0.05, 0.1) is 6.10 Å². The quantitative estimate of drug-likeness (QED) is 0.890. The van der Waals surface area contributed by atoms with Gasteiger partial charge in [-0.05, 0) is 46.0 Å². The Kier molecular flexibility index (Phi) is 4.42. The lowest BCUT2D eigenvalue weighted by molar-refractivity contribution is 0.194. The van der Waals surface area contributed by atoms with Crippen LogP contribution in [-0.4, -0.2) is 42.7 Å². The molecule has 106 valence electrons. The number of hydrogen-bond donors (Lipinski definition) is 1. The number of anilines is 1. The molecule has 0 aromatic heterocycles. The molecule has 1 aromatic carbocycles. The Morgan fingerprint density at radius 1 is 1.37 bits per heavy atom. The minimum Gasteiger partial charge on any atom is -0.389 e. The van der Waals surface area contributed by atoms with Gasteiger partial charge in [-0.1, -0.05) is 6.07 Å². The fourth-order valence-electron chi connectivity index (χ4n) is 2.92. The highest BCUT2D eigenvalue weighted by atomic mass is 19.1. The molecule has 1 N–H and O–H groups in total. The topological polar surface area (TPSA) is 26.7 Å². The largest absolute Gasteiger partial charge is 0.389 e. The molecule has 0 spiro atoms. The molecule has 0 bridgehead atoms. The number of aliphatic hydroxyl groups excluding tert-OH is 1. The number of likely N-dealkylation sites (N-methyl/N-ethyl adjacent to an activating group) is 1. The summed E-state index contributed by atoms with van der Waals surface area (Å²) in [5, 5.41) is 9.85. The third-order valence-corrected chi connectivity index (χ3v) is 3.80. The number of rotatable bonds is 2. The maximum absolute atomic E-state index is 14.0. The van der Waals surface area contributed by atoms with Gasteiger partial charge >= 0.3 is 0 Å². The average Bonchev–Trinajstić information content (AvgIpc) is 2.49. The fraction of sp³-hybridized carbons (Fsp3) is 0.600. The van der Waals surface area contributed by atoms with E-state index in [4.69, 9.17) is 0 Å². The SMILES string of the molecule is CC(O)c1c(F)cccc1N1CCCN(C)CC1C. The molecule has 0 aliphatic carbocycles. The minimum atomic E-state index is -0.788. The van der Waals surface area contributed by atoms with E-state index in [2.05, 4.69) is 23.8 Å². The summed E-state index contributed by atoms with van der Waals surface area (Å²) < 4.78 is 14.0. The van der Waals surface area contributed by atoms with E-state index in [-0.39, 0.29) is 5.82 Å². The van der Waals surface area contributed by atoms with Crippen LogP contribution < -0.4 is 4.90 Å². The van der Waals surface area contributed by atoms with Gasteiger partial charge in [0, 0.05) is 30.4 Å². The molecule has 3 nitrogen and oxygen atoms in total. The first kappa shape index (κ1) is 14.3. The van der Waals surface area contributed by atoms with E-state index in [1.54, 1.807) is 13.0 Å². The Hall–Kier alpha value is -1.13. The minimum absolute atomic E-state index is 0.312. The smallest absolute Gasteiger partial charge is 0.131 e. The predicted molar refractivity (Wildman–Crippen MR) is 76.0 cm³/mol. The van der Waals surface area contributed by atoms with Gasteiger partial charge in [-0.15, -0.1) is 0 Å². The third-order valence-electron chi connectivity index (χ3n) is 3.80. The second-order valence-corrected chi connectivity index (χ2v) is 5.51. The van der Waals surface area contributed by atoms with Crippen molar-refractivity contribution in [3.8, 4) is 0 Å². The van der Waals surface area contributed by atoms with E-state index in [9.17, 15) is 9.50 Å². The number of hydrogen-bond acceptors (Lipinski definition) is 3. The van der Waals surface area contributed by atoms with E-state index in [0.29, 0.717) is 11.6 Å². The molecule has 1 saturated heterocycles. The van der Waals surface area contributed by atoms with Crippen LogP contribution in [-0.2, 0) is 0 Å². The molecule has 1 fully saturated rings. The van der Waals surface area contributed by atoms with Crippen molar-refractivity contribution in [1.82, 2.24) is 4.90 Å². The van der Waals surface area contributed by atoms with Gasteiger partial charge in [-0.25, -0.2) is 4.39 Å². The lowest BCUT2D eigenvalue weighted by Crippen LogP contribution is -2.38. The first-order valence-electron chi connectivity index (χ1n) is 6.92. The summed E-state index contributed by atoms with van der Waals surface area (Å²) in [6, 6.07) is 5.36. The van der Waals surface area contributed by atoms with E-state index < -0.39 is 6.10 Å². The third kappa shape index (κ3) is 3.07. The van der Waals surface area contributed by atoms with Crippen LogP contribution in [0.15, 0.2) is 18.2 Å². The molecular formula is C15H23FN2O. The number of halogens is 1. The number of benzene rings is 1. The van der Waals surface area contributed by atoms with Crippen molar-refractivity contribution >= 4 is 5.69 Å². The van der Waals surface area contributed by atoms with E-state index in [0.717, 1.165) is 31.7 Å². The Morgan fingerprint density at radius 2 is 2.11 bits per heavy atom. The molecule has 1 heterocycles. The van der Waals surface area contributed by atoms with Gasteiger partial charge in [0.2, 0.25) is 0 Å². The fourth-order valence-corrected chi connectivity index (χ4v) is 2.92. The average molecular weight is 266 g/mol. The van der Waals surface area contributed by atoms with Crippen LogP contribution in [0.1, 0.15) is 31.9 Å². The van der Waals surface area contributed by atoms with Gasteiger partial charge < -0.3 is 14.9 Å². The molecule has 0 amide bonds. The monoisotopic (exact) mass is 266 g/mol. The molecular weight excluding hydrogens is 243 g/mol. The lowest BCUT2D eigenvalue weighted by atomic mass is 10.0. The molecule has 19 heavy (non-hydrogen) atoms. The summed E-state index contributed by atoms with van der Waals surface area (Å²) >= 11 is 0. The molecule has 1 aliphatic rings. The van der Waals surface area contributed by atoms with Crippen LogP contribution in [0.3, 0.4) is 0 Å². The van der Waals surface area contributed by atoms with Crippen LogP contribution in [0.25, 0.3) is 0 Å². The van der Waals surface area contributed by atoms with Crippen molar-refractivity contribution < 1.29 is 9.50 Å². The normalized spacial score (nSPS) is 23.2.